The molecule has 0 heterocycles. The number of hydrogen-bond donors (Lipinski definition) is 0. The predicted octanol–water partition coefficient (Wildman–Crippen LogP) is 9.08. The number of unbranched alkanes of at least 4 members (excludes halogenated alkanes) is 28. The molecule has 5 heteroatoms. The van der Waals surface area contributed by atoms with Gasteiger partial charge in [-0.25, -0.2) is 0 Å². The number of carboxylic acid groups (broad SMARTS) is 2. The van der Waals surface area contributed by atoms with E-state index in [1.54, 1.807) is 0 Å². The molecule has 0 fully saturated rings. The van der Waals surface area contributed by atoms with Crippen molar-refractivity contribution in [3.05, 3.63) is 0 Å². The van der Waals surface area contributed by atoms with Gasteiger partial charge in [-0.05, 0) is 25.7 Å². The Labute approximate surface area is 268 Å². The topological polar surface area (TPSA) is 80.3 Å². The summed E-state index contributed by atoms with van der Waals surface area (Å²) in [7, 11) is 0. The van der Waals surface area contributed by atoms with Gasteiger partial charge in [0.05, 0.1) is 0 Å². The molecule has 41 heavy (non-hydrogen) atoms. The molecule has 4 nitrogen and oxygen atoms in total. The molecule has 0 spiro atoms. The fraction of sp³-hybridized carbons (Fsp3) is 0.944. The van der Waals surface area contributed by atoms with Crippen LogP contribution in [0.25, 0.3) is 0 Å². The summed E-state index contributed by atoms with van der Waals surface area (Å²) in [4.78, 5) is 20.4. The Balaban J connectivity index is -0.000000688. The Morgan fingerprint density at radius 2 is 0.463 bits per heavy atom. The Kier molecular flexibility index (Phi) is 45.6. The number of aliphatic carboxylic acids is 2. The van der Waals surface area contributed by atoms with Crippen molar-refractivity contribution >= 4 is 29.5 Å². The van der Waals surface area contributed by atoms with Crippen LogP contribution in [0.3, 0.4) is 0 Å². The monoisotopic (exact) mass is 642 g/mol. The van der Waals surface area contributed by atoms with E-state index in [2.05, 4.69) is 13.8 Å². The fourth-order valence-electron chi connectivity index (χ4n) is 5.28. The second kappa shape index (κ2) is 41.6. The SMILES string of the molecule is CCCCCCCCCCCCCCCCCC(=O)[O-].CCCCCCCCCCCCCCCCCC(=O)[O-].[GeH2+2]. The van der Waals surface area contributed by atoms with Crippen molar-refractivity contribution in [1.82, 2.24) is 0 Å². The van der Waals surface area contributed by atoms with Gasteiger partial charge in [0.25, 0.3) is 0 Å². The molecule has 0 unspecified atom stereocenters. The van der Waals surface area contributed by atoms with E-state index in [0.717, 1.165) is 25.7 Å². The van der Waals surface area contributed by atoms with Gasteiger partial charge in [-0.1, -0.05) is 194 Å². The molecule has 244 valence electrons. The summed E-state index contributed by atoms with van der Waals surface area (Å²) in [6, 6.07) is 0. The molecule has 0 N–H and O–H groups in total. The number of carbonyl (C=O) groups is 2. The van der Waals surface area contributed by atoms with Crippen LogP contribution in [0.5, 0.6) is 0 Å². The molecule has 0 amide bonds. The molecule has 0 saturated carbocycles. The van der Waals surface area contributed by atoms with E-state index in [1.807, 2.05) is 0 Å². The zero-order valence-electron chi connectivity index (χ0n) is 28.0. The van der Waals surface area contributed by atoms with E-state index in [9.17, 15) is 19.8 Å². The summed E-state index contributed by atoms with van der Waals surface area (Å²) >= 11 is 0. The second-order valence-electron chi connectivity index (χ2n) is 12.1. The number of hydrogen-bond acceptors (Lipinski definition) is 4. The first-order valence-electron chi connectivity index (χ1n) is 17.9. The first kappa shape index (κ1) is 44.9. The van der Waals surface area contributed by atoms with Gasteiger partial charge < -0.3 is 19.8 Å². The van der Waals surface area contributed by atoms with Crippen molar-refractivity contribution in [3.8, 4) is 0 Å². The fourth-order valence-corrected chi connectivity index (χ4v) is 5.28. The molecule has 0 aliphatic carbocycles. The predicted molar refractivity (Wildman–Crippen MR) is 178 cm³/mol. The van der Waals surface area contributed by atoms with E-state index >= 15 is 0 Å². The number of carboxylic acids is 2. The van der Waals surface area contributed by atoms with Crippen LogP contribution in [-0.2, 0) is 9.59 Å². The summed E-state index contributed by atoms with van der Waals surface area (Å²) in [5, 5.41) is 20.4. The Morgan fingerprint density at radius 3 is 0.610 bits per heavy atom. The van der Waals surface area contributed by atoms with Crippen molar-refractivity contribution < 1.29 is 19.8 Å². The molecule has 0 rings (SSSR count). The molecular weight excluding hydrogens is 569 g/mol. The van der Waals surface area contributed by atoms with E-state index in [0.29, 0.717) is 0 Å². The maximum atomic E-state index is 10.2. The third kappa shape index (κ3) is 49.5. The first-order valence-corrected chi connectivity index (χ1v) is 17.9. The van der Waals surface area contributed by atoms with Crippen molar-refractivity contribution in [2.75, 3.05) is 0 Å². The Bertz CT molecular complexity index is 454. The zero-order valence-corrected chi connectivity index (χ0v) is 30.9. The van der Waals surface area contributed by atoms with Gasteiger partial charge in [0.2, 0.25) is 0 Å². The normalized spacial score (nSPS) is 10.6. The molecule has 0 saturated heterocycles. The van der Waals surface area contributed by atoms with E-state index in [1.165, 1.54) is 167 Å². The van der Waals surface area contributed by atoms with E-state index in [4.69, 9.17) is 0 Å². The van der Waals surface area contributed by atoms with Gasteiger partial charge in [0.15, 0.2) is 0 Å². The van der Waals surface area contributed by atoms with Gasteiger partial charge in [-0.3, -0.25) is 0 Å². The maximum absolute atomic E-state index is 10.2. The molecule has 0 radical (unpaired) electrons. The summed E-state index contributed by atoms with van der Waals surface area (Å²) in [5.41, 5.74) is 0. The van der Waals surface area contributed by atoms with Crippen LogP contribution in [0, 0.1) is 0 Å². The van der Waals surface area contributed by atoms with Gasteiger partial charge in [-0.2, -0.15) is 0 Å². The summed E-state index contributed by atoms with van der Waals surface area (Å²) in [6.07, 6.45) is 39.7. The summed E-state index contributed by atoms with van der Waals surface area (Å²) in [5.74, 6) is -1.81. The van der Waals surface area contributed by atoms with Crippen LogP contribution < -0.4 is 10.2 Å². The standard InChI is InChI=1S/2C18H36O2.GeH2/c2*1-2-3-4-5-6-7-8-9-10-11-12-13-14-15-16-17-18(19)20;/h2*2-17H2,1H3,(H,19,20);1H2/q;;+2/p-2. The molecular formula is C36H72GeO4. The third-order valence-corrected chi connectivity index (χ3v) is 7.97. The van der Waals surface area contributed by atoms with Crippen molar-refractivity contribution in [3.63, 3.8) is 0 Å². The van der Waals surface area contributed by atoms with Crippen LogP contribution in [0.15, 0.2) is 0 Å². The van der Waals surface area contributed by atoms with Gasteiger partial charge >= 0.3 is 17.6 Å². The molecule has 0 aromatic heterocycles. The van der Waals surface area contributed by atoms with Crippen molar-refractivity contribution in [1.29, 1.82) is 0 Å². The summed E-state index contributed by atoms with van der Waals surface area (Å²) in [6.45, 7) is 4.53. The first-order chi connectivity index (χ1) is 19.5. The average Bonchev–Trinajstić information content (AvgIpc) is 2.93. The van der Waals surface area contributed by atoms with Crippen LogP contribution >= 0.6 is 0 Å². The molecule has 0 aromatic carbocycles. The van der Waals surface area contributed by atoms with Gasteiger partial charge in [0.1, 0.15) is 0 Å². The van der Waals surface area contributed by atoms with Gasteiger partial charge in [0, 0.05) is 11.9 Å². The Hall–Kier alpha value is -0.517. The minimum atomic E-state index is -0.903. The average molecular weight is 642 g/mol. The molecule has 0 aliphatic heterocycles. The summed E-state index contributed by atoms with van der Waals surface area (Å²) < 4.78 is 0. The van der Waals surface area contributed by atoms with Gasteiger partial charge in [-0.15, -0.1) is 0 Å². The molecule has 0 atom stereocenters. The van der Waals surface area contributed by atoms with Crippen LogP contribution in [0.1, 0.15) is 219 Å². The molecule has 0 aliphatic rings. The number of rotatable bonds is 32. The molecule has 0 bridgehead atoms. The van der Waals surface area contributed by atoms with Crippen LogP contribution in [-0.4, -0.2) is 29.5 Å². The second-order valence-corrected chi connectivity index (χ2v) is 12.1. The van der Waals surface area contributed by atoms with E-state index < -0.39 is 11.9 Å². The third-order valence-electron chi connectivity index (χ3n) is 7.97. The van der Waals surface area contributed by atoms with Crippen molar-refractivity contribution in [2.24, 2.45) is 0 Å². The van der Waals surface area contributed by atoms with Crippen LogP contribution in [0.4, 0.5) is 0 Å². The minimum absolute atomic E-state index is 0. The quantitative estimate of drug-likeness (QED) is 0.0542. The van der Waals surface area contributed by atoms with Crippen LogP contribution in [0.2, 0.25) is 0 Å². The van der Waals surface area contributed by atoms with E-state index in [-0.39, 0.29) is 30.4 Å². The van der Waals surface area contributed by atoms with Crippen molar-refractivity contribution in [2.45, 2.75) is 219 Å². The zero-order chi connectivity index (χ0) is 29.8. The number of carbonyl (C=O) groups excluding carboxylic acids is 2. The Morgan fingerprint density at radius 1 is 0.317 bits per heavy atom. The molecule has 0 aromatic rings.